The summed E-state index contributed by atoms with van der Waals surface area (Å²) in [7, 11) is 0. The molecule has 1 fully saturated rings. The zero-order valence-electron chi connectivity index (χ0n) is 15.1. The Morgan fingerprint density at radius 3 is 2.82 bits per heavy atom. The van der Waals surface area contributed by atoms with Gasteiger partial charge in [0.1, 0.15) is 30.3 Å². The third kappa shape index (κ3) is 3.09. The number of ether oxygens (including phenoxy) is 2. The maximum atomic E-state index is 14.6. The zero-order valence-corrected chi connectivity index (χ0v) is 15.1. The molecule has 3 heterocycles. The fourth-order valence-electron chi connectivity index (χ4n) is 3.55. The second kappa shape index (κ2) is 6.87. The van der Waals surface area contributed by atoms with E-state index in [1.807, 2.05) is 0 Å². The number of carbonyl (C=O) groups excluding carboxylic acids is 1. The number of halogens is 2. The first-order chi connectivity index (χ1) is 13.4. The zero-order chi connectivity index (χ0) is 19.9. The van der Waals surface area contributed by atoms with Crippen molar-refractivity contribution in [2.45, 2.75) is 25.4 Å². The number of primary amides is 1. The van der Waals surface area contributed by atoms with Gasteiger partial charge in [0, 0.05) is 17.1 Å². The Morgan fingerprint density at radius 1 is 1.36 bits per heavy atom. The van der Waals surface area contributed by atoms with Gasteiger partial charge in [0.05, 0.1) is 23.8 Å². The van der Waals surface area contributed by atoms with Crippen molar-refractivity contribution in [1.29, 1.82) is 0 Å². The molecular formula is C20H18F2N2O4. The lowest BCUT2D eigenvalue weighted by Gasteiger charge is -2.21. The molecule has 0 radical (unpaired) electrons. The molecule has 3 aromatic rings. The Kier molecular flexibility index (Phi) is 4.50. The van der Waals surface area contributed by atoms with Crippen molar-refractivity contribution in [3.8, 4) is 5.75 Å². The fourth-order valence-corrected chi connectivity index (χ4v) is 3.55. The van der Waals surface area contributed by atoms with Crippen molar-refractivity contribution in [3.05, 3.63) is 59.1 Å². The van der Waals surface area contributed by atoms with Gasteiger partial charge in [0.25, 0.3) is 11.8 Å². The summed E-state index contributed by atoms with van der Waals surface area (Å²) in [5, 5.41) is 0.249. The molecule has 1 unspecified atom stereocenters. The standard InChI is InChI=1S/C20H18F2N2O4/c1-11-16(19(23)25)18-15(28-11)6-5-14(27-8-12-4-2-3-7-24-12)17(18)13-9-26-10-20(13,21)22/h2-7,13H,8-10H2,1H3,(H2,23,25). The van der Waals surface area contributed by atoms with E-state index in [0.29, 0.717) is 11.3 Å². The number of amides is 1. The number of hydrogen-bond donors (Lipinski definition) is 1. The van der Waals surface area contributed by atoms with Gasteiger partial charge in [-0.2, -0.15) is 0 Å². The van der Waals surface area contributed by atoms with Crippen LogP contribution in [0.2, 0.25) is 0 Å². The van der Waals surface area contributed by atoms with E-state index in [0.717, 1.165) is 0 Å². The Labute approximate surface area is 159 Å². The molecule has 0 aliphatic carbocycles. The summed E-state index contributed by atoms with van der Waals surface area (Å²) in [5.41, 5.74) is 6.70. The van der Waals surface area contributed by atoms with Gasteiger partial charge in [-0.25, -0.2) is 8.78 Å². The summed E-state index contributed by atoms with van der Waals surface area (Å²) < 4.78 is 45.6. The highest BCUT2D eigenvalue weighted by molar-refractivity contribution is 6.08. The van der Waals surface area contributed by atoms with E-state index in [-0.39, 0.29) is 41.2 Å². The summed E-state index contributed by atoms with van der Waals surface area (Å²) in [5.74, 6) is -4.66. The molecule has 2 N–H and O–H groups in total. The number of carbonyl (C=O) groups is 1. The maximum Gasteiger partial charge on any atom is 0.280 e. The number of furan rings is 1. The van der Waals surface area contributed by atoms with E-state index >= 15 is 0 Å². The normalized spacial score (nSPS) is 18.5. The quantitative estimate of drug-likeness (QED) is 0.722. The van der Waals surface area contributed by atoms with Crippen molar-refractivity contribution in [2.75, 3.05) is 13.2 Å². The van der Waals surface area contributed by atoms with Gasteiger partial charge < -0.3 is 19.6 Å². The van der Waals surface area contributed by atoms with Crippen LogP contribution in [-0.2, 0) is 11.3 Å². The largest absolute Gasteiger partial charge is 0.487 e. The molecule has 28 heavy (non-hydrogen) atoms. The van der Waals surface area contributed by atoms with Crippen LogP contribution in [0.1, 0.15) is 33.3 Å². The summed E-state index contributed by atoms with van der Waals surface area (Å²) in [6.07, 6.45) is 1.62. The third-order valence-electron chi connectivity index (χ3n) is 4.82. The van der Waals surface area contributed by atoms with Crippen LogP contribution in [0.25, 0.3) is 11.0 Å². The summed E-state index contributed by atoms with van der Waals surface area (Å²) in [6.45, 7) is 0.758. The lowest BCUT2D eigenvalue weighted by Crippen LogP contribution is -2.25. The molecule has 4 rings (SSSR count). The fraction of sp³-hybridized carbons (Fsp3) is 0.300. The molecule has 6 nitrogen and oxygen atoms in total. The van der Waals surface area contributed by atoms with Crippen LogP contribution in [0.15, 0.2) is 40.9 Å². The Morgan fingerprint density at radius 2 is 2.18 bits per heavy atom. The highest BCUT2D eigenvalue weighted by Gasteiger charge is 2.48. The van der Waals surface area contributed by atoms with Crippen molar-refractivity contribution in [1.82, 2.24) is 4.98 Å². The predicted molar refractivity (Wildman–Crippen MR) is 96.5 cm³/mol. The molecule has 1 saturated heterocycles. The number of alkyl halides is 2. The second-order valence-electron chi connectivity index (χ2n) is 6.69. The van der Waals surface area contributed by atoms with Crippen molar-refractivity contribution >= 4 is 16.9 Å². The first kappa shape index (κ1) is 18.4. The maximum absolute atomic E-state index is 14.6. The number of nitrogens with two attached hydrogens (primary N) is 1. The highest BCUT2D eigenvalue weighted by Crippen LogP contribution is 2.47. The van der Waals surface area contributed by atoms with Crippen molar-refractivity contribution in [2.24, 2.45) is 5.73 Å². The average molecular weight is 388 g/mol. The van der Waals surface area contributed by atoms with Gasteiger partial charge in [-0.15, -0.1) is 0 Å². The number of aromatic nitrogens is 1. The Bertz CT molecular complexity index is 1030. The molecule has 0 saturated carbocycles. The topological polar surface area (TPSA) is 87.6 Å². The van der Waals surface area contributed by atoms with Crippen molar-refractivity contribution in [3.63, 3.8) is 0 Å². The third-order valence-corrected chi connectivity index (χ3v) is 4.82. The van der Waals surface area contributed by atoms with Crippen LogP contribution in [0.3, 0.4) is 0 Å². The van der Waals surface area contributed by atoms with Gasteiger partial charge in [-0.3, -0.25) is 9.78 Å². The van der Waals surface area contributed by atoms with Crippen LogP contribution in [-0.4, -0.2) is 30.0 Å². The van der Waals surface area contributed by atoms with E-state index in [9.17, 15) is 13.6 Å². The van der Waals surface area contributed by atoms with Crippen LogP contribution < -0.4 is 10.5 Å². The van der Waals surface area contributed by atoms with Gasteiger partial charge in [0.15, 0.2) is 0 Å². The predicted octanol–water partition coefficient (Wildman–Crippen LogP) is 3.56. The van der Waals surface area contributed by atoms with E-state index in [2.05, 4.69) is 4.98 Å². The molecule has 146 valence electrons. The average Bonchev–Trinajstić information content (AvgIpc) is 3.18. The molecule has 8 heteroatoms. The number of aryl methyl sites for hydroxylation is 1. The van der Waals surface area contributed by atoms with Crippen LogP contribution >= 0.6 is 0 Å². The van der Waals surface area contributed by atoms with Crippen LogP contribution in [0.4, 0.5) is 8.78 Å². The van der Waals surface area contributed by atoms with Crippen molar-refractivity contribution < 1.29 is 27.5 Å². The smallest absolute Gasteiger partial charge is 0.280 e. The number of fused-ring (bicyclic) bond motifs is 1. The van der Waals surface area contributed by atoms with Gasteiger partial charge in [0.2, 0.25) is 0 Å². The van der Waals surface area contributed by atoms with Gasteiger partial charge >= 0.3 is 0 Å². The SMILES string of the molecule is Cc1oc2ccc(OCc3ccccn3)c(C3COCC3(F)F)c2c1C(N)=O. The summed E-state index contributed by atoms with van der Waals surface area (Å²) in [4.78, 5) is 16.2. The monoisotopic (exact) mass is 388 g/mol. The van der Waals surface area contributed by atoms with E-state index in [4.69, 9.17) is 19.6 Å². The minimum atomic E-state index is -3.11. The first-order valence-electron chi connectivity index (χ1n) is 8.72. The van der Waals surface area contributed by atoms with Crippen LogP contribution in [0, 0.1) is 6.92 Å². The lowest BCUT2D eigenvalue weighted by molar-refractivity contribution is -0.0184. The molecule has 0 spiro atoms. The van der Waals surface area contributed by atoms with E-state index < -0.39 is 24.4 Å². The molecular weight excluding hydrogens is 370 g/mol. The molecule has 2 aromatic heterocycles. The molecule has 1 aliphatic rings. The number of nitrogens with zero attached hydrogens (tertiary/aromatic N) is 1. The van der Waals surface area contributed by atoms with E-state index in [1.165, 1.54) is 0 Å². The summed E-state index contributed by atoms with van der Waals surface area (Å²) in [6, 6.07) is 8.48. The minimum absolute atomic E-state index is 0.0796. The highest BCUT2D eigenvalue weighted by atomic mass is 19.3. The second-order valence-corrected chi connectivity index (χ2v) is 6.69. The molecule has 1 atom stereocenters. The van der Waals surface area contributed by atoms with Gasteiger partial charge in [-0.05, 0) is 31.2 Å². The Hall–Kier alpha value is -3.00. The number of hydrogen-bond acceptors (Lipinski definition) is 5. The van der Waals surface area contributed by atoms with Crippen LogP contribution in [0.5, 0.6) is 5.75 Å². The van der Waals surface area contributed by atoms with Gasteiger partial charge in [-0.1, -0.05) is 6.07 Å². The lowest BCUT2D eigenvalue weighted by atomic mass is 9.89. The molecule has 1 amide bonds. The Balaban J connectivity index is 1.88. The number of pyridine rings is 1. The van der Waals surface area contributed by atoms with E-state index in [1.54, 1.807) is 43.5 Å². The first-order valence-corrected chi connectivity index (χ1v) is 8.72. The molecule has 0 bridgehead atoms. The summed E-state index contributed by atoms with van der Waals surface area (Å²) >= 11 is 0. The molecule has 1 aliphatic heterocycles. The molecule has 1 aromatic carbocycles. The minimum Gasteiger partial charge on any atom is -0.487 e. The number of benzene rings is 1. The number of rotatable bonds is 5.